The van der Waals surface area contributed by atoms with Gasteiger partial charge in [-0.1, -0.05) is 16.8 Å². The van der Waals surface area contributed by atoms with Crippen molar-refractivity contribution in [2.75, 3.05) is 14.2 Å². The monoisotopic (exact) mass is 361 g/mol. The van der Waals surface area contributed by atoms with E-state index >= 15 is 0 Å². The second-order valence-electron chi connectivity index (χ2n) is 4.91. The molecule has 0 aliphatic rings. The van der Waals surface area contributed by atoms with Crippen LogP contribution >= 0.6 is 11.6 Å². The molecule has 0 aliphatic heterocycles. The van der Waals surface area contributed by atoms with Crippen molar-refractivity contribution >= 4 is 17.3 Å². The highest BCUT2D eigenvalue weighted by molar-refractivity contribution is 6.32. The van der Waals surface area contributed by atoms with Crippen LogP contribution < -0.4 is 9.47 Å². The zero-order valence-corrected chi connectivity index (χ0v) is 14.0. The molecule has 2 aromatic carbocycles. The van der Waals surface area contributed by atoms with Crippen molar-refractivity contribution in [3.05, 3.63) is 51.5 Å². The molecule has 128 valence electrons. The quantitative estimate of drug-likeness (QED) is 0.500. The molecule has 0 saturated carbocycles. The van der Waals surface area contributed by atoms with E-state index < -0.39 is 4.92 Å². The number of nitrogens with zero attached hydrogens (tertiary/aromatic N) is 3. The van der Waals surface area contributed by atoms with Crippen LogP contribution in [0.2, 0.25) is 5.02 Å². The molecule has 0 spiro atoms. The van der Waals surface area contributed by atoms with Crippen molar-refractivity contribution < 1.29 is 18.9 Å². The van der Waals surface area contributed by atoms with E-state index in [0.29, 0.717) is 22.6 Å². The number of nitro benzene ring substituents is 1. The molecule has 1 aromatic heterocycles. The Balaban J connectivity index is 2.01. The average molecular weight is 362 g/mol. The van der Waals surface area contributed by atoms with E-state index in [-0.39, 0.29) is 22.4 Å². The molecule has 0 bridgehead atoms. The molecule has 0 radical (unpaired) electrons. The molecule has 0 atom stereocenters. The summed E-state index contributed by atoms with van der Waals surface area (Å²) in [6, 6.07) is 9.42. The first-order chi connectivity index (χ1) is 12.0. The van der Waals surface area contributed by atoms with Gasteiger partial charge >= 0.3 is 0 Å². The first-order valence-electron chi connectivity index (χ1n) is 7.04. The number of benzene rings is 2. The topological polar surface area (TPSA) is 101 Å². The lowest BCUT2D eigenvalue weighted by molar-refractivity contribution is -0.384. The number of aromatic nitrogens is 2. The number of ether oxygens (including phenoxy) is 2. The maximum absolute atomic E-state index is 11.0. The number of nitro groups is 1. The molecule has 8 nitrogen and oxygen atoms in total. The molecular weight excluding hydrogens is 350 g/mol. The Labute approximate surface area is 147 Å². The van der Waals surface area contributed by atoms with E-state index in [2.05, 4.69) is 10.1 Å². The maximum Gasteiger partial charge on any atom is 0.288 e. The van der Waals surface area contributed by atoms with E-state index in [0.717, 1.165) is 0 Å². The third-order valence-electron chi connectivity index (χ3n) is 3.47. The van der Waals surface area contributed by atoms with Gasteiger partial charge in [0, 0.05) is 17.7 Å². The summed E-state index contributed by atoms with van der Waals surface area (Å²) in [5.74, 6) is 1.55. The largest absolute Gasteiger partial charge is 0.497 e. The first-order valence-corrected chi connectivity index (χ1v) is 7.41. The van der Waals surface area contributed by atoms with Crippen LogP contribution in [0.5, 0.6) is 11.5 Å². The molecule has 1 heterocycles. The van der Waals surface area contributed by atoms with Crippen LogP contribution in [0.1, 0.15) is 0 Å². The van der Waals surface area contributed by atoms with Crippen LogP contribution in [-0.2, 0) is 0 Å². The summed E-state index contributed by atoms with van der Waals surface area (Å²) in [6.07, 6.45) is 0. The number of hydrogen-bond acceptors (Lipinski definition) is 7. The van der Waals surface area contributed by atoms with Crippen LogP contribution in [0.4, 0.5) is 5.69 Å². The smallest absolute Gasteiger partial charge is 0.288 e. The highest BCUT2D eigenvalue weighted by atomic mass is 35.5. The van der Waals surface area contributed by atoms with Crippen molar-refractivity contribution in [3.63, 3.8) is 0 Å². The van der Waals surface area contributed by atoms with Crippen molar-refractivity contribution in [1.82, 2.24) is 10.1 Å². The molecule has 0 unspecified atom stereocenters. The Morgan fingerprint density at radius 1 is 1.16 bits per heavy atom. The van der Waals surface area contributed by atoms with Gasteiger partial charge in [0.1, 0.15) is 16.5 Å². The van der Waals surface area contributed by atoms with Gasteiger partial charge in [-0.25, -0.2) is 0 Å². The van der Waals surface area contributed by atoms with E-state index in [4.69, 9.17) is 25.6 Å². The molecular formula is C16H12ClN3O5. The van der Waals surface area contributed by atoms with Gasteiger partial charge in [0.05, 0.1) is 24.7 Å². The number of rotatable bonds is 5. The normalized spacial score (nSPS) is 10.5. The lowest BCUT2D eigenvalue weighted by Crippen LogP contribution is -1.92. The maximum atomic E-state index is 11.0. The minimum Gasteiger partial charge on any atom is -0.497 e. The van der Waals surface area contributed by atoms with Crippen molar-refractivity contribution in [1.29, 1.82) is 0 Å². The highest BCUT2D eigenvalue weighted by Gasteiger charge is 2.19. The summed E-state index contributed by atoms with van der Waals surface area (Å²) < 4.78 is 15.7. The summed E-state index contributed by atoms with van der Waals surface area (Å²) >= 11 is 5.81. The molecule has 0 amide bonds. The second-order valence-corrected chi connectivity index (χ2v) is 5.32. The molecule has 3 aromatic rings. The molecule has 9 heteroatoms. The molecule has 25 heavy (non-hydrogen) atoms. The Morgan fingerprint density at radius 2 is 1.96 bits per heavy atom. The van der Waals surface area contributed by atoms with Crippen LogP contribution in [0.15, 0.2) is 40.9 Å². The van der Waals surface area contributed by atoms with Gasteiger partial charge in [0.15, 0.2) is 0 Å². The highest BCUT2D eigenvalue weighted by Crippen LogP contribution is 2.34. The summed E-state index contributed by atoms with van der Waals surface area (Å²) in [7, 11) is 3.07. The second kappa shape index (κ2) is 6.78. The summed E-state index contributed by atoms with van der Waals surface area (Å²) in [5, 5.41) is 14.9. The van der Waals surface area contributed by atoms with Gasteiger partial charge in [0.2, 0.25) is 5.82 Å². The molecule has 0 saturated heterocycles. The summed E-state index contributed by atoms with van der Waals surface area (Å²) in [4.78, 5) is 14.7. The minimum absolute atomic E-state index is 0.0327. The zero-order valence-electron chi connectivity index (χ0n) is 13.2. The fraction of sp³-hybridized carbons (Fsp3) is 0.125. The third kappa shape index (κ3) is 3.24. The molecule has 0 aliphatic carbocycles. The molecule has 3 rings (SSSR count). The lowest BCUT2D eigenvalue weighted by Gasteiger charge is -2.07. The standard InChI is InChI=1S/C16H12ClN3O5/c1-23-10-4-5-11(14(8-10)24-2)15-18-16(25-19-15)9-3-6-12(17)13(7-9)20(21)22/h3-8H,1-2H3. The molecule has 0 N–H and O–H groups in total. The number of halogens is 1. The average Bonchev–Trinajstić information content (AvgIpc) is 3.11. The van der Waals surface area contributed by atoms with Gasteiger partial charge in [-0.05, 0) is 24.3 Å². The van der Waals surface area contributed by atoms with E-state index in [1.54, 1.807) is 31.4 Å². The van der Waals surface area contributed by atoms with Gasteiger partial charge in [-0.2, -0.15) is 4.98 Å². The molecule has 0 fully saturated rings. The third-order valence-corrected chi connectivity index (χ3v) is 3.79. The number of methoxy groups -OCH3 is 2. The Bertz CT molecular complexity index is 941. The van der Waals surface area contributed by atoms with Crippen LogP contribution in [-0.4, -0.2) is 29.3 Å². The van der Waals surface area contributed by atoms with E-state index in [1.807, 2.05) is 0 Å². The fourth-order valence-corrected chi connectivity index (χ4v) is 2.41. The van der Waals surface area contributed by atoms with Crippen LogP contribution in [0.3, 0.4) is 0 Å². The van der Waals surface area contributed by atoms with E-state index in [9.17, 15) is 10.1 Å². The lowest BCUT2D eigenvalue weighted by atomic mass is 10.1. The number of hydrogen-bond donors (Lipinski definition) is 0. The van der Waals surface area contributed by atoms with Gasteiger partial charge in [0.25, 0.3) is 11.6 Å². The zero-order chi connectivity index (χ0) is 18.0. The van der Waals surface area contributed by atoms with Gasteiger partial charge < -0.3 is 14.0 Å². The van der Waals surface area contributed by atoms with Crippen molar-refractivity contribution in [3.8, 4) is 34.3 Å². The Kier molecular flexibility index (Phi) is 4.53. The van der Waals surface area contributed by atoms with Gasteiger partial charge in [-0.3, -0.25) is 10.1 Å². The predicted octanol–water partition coefficient (Wildman–Crippen LogP) is 3.98. The Hall–Kier alpha value is -3.13. The van der Waals surface area contributed by atoms with Crippen molar-refractivity contribution in [2.45, 2.75) is 0 Å². The van der Waals surface area contributed by atoms with E-state index in [1.165, 1.54) is 19.2 Å². The minimum atomic E-state index is -0.574. The van der Waals surface area contributed by atoms with Crippen LogP contribution in [0.25, 0.3) is 22.8 Å². The van der Waals surface area contributed by atoms with Gasteiger partial charge in [-0.15, -0.1) is 0 Å². The fourth-order valence-electron chi connectivity index (χ4n) is 2.22. The Morgan fingerprint density at radius 3 is 2.64 bits per heavy atom. The predicted molar refractivity (Wildman–Crippen MR) is 89.9 cm³/mol. The first kappa shape index (κ1) is 16.7. The summed E-state index contributed by atoms with van der Waals surface area (Å²) in [5.41, 5.74) is 0.755. The van der Waals surface area contributed by atoms with Crippen LogP contribution in [0, 0.1) is 10.1 Å². The SMILES string of the molecule is COc1ccc(-c2noc(-c3ccc(Cl)c([N+](=O)[O-])c3)n2)c(OC)c1. The van der Waals surface area contributed by atoms with Crippen molar-refractivity contribution in [2.24, 2.45) is 0 Å². The summed E-state index contributed by atoms with van der Waals surface area (Å²) in [6.45, 7) is 0.